The van der Waals surface area contributed by atoms with Gasteiger partial charge in [0.15, 0.2) is 0 Å². The van der Waals surface area contributed by atoms with E-state index in [4.69, 9.17) is 21.1 Å². The van der Waals surface area contributed by atoms with Gasteiger partial charge in [0, 0.05) is 5.69 Å². The van der Waals surface area contributed by atoms with Crippen molar-refractivity contribution < 1.29 is 22.7 Å². The molecule has 7 nitrogen and oxygen atoms in total. The van der Waals surface area contributed by atoms with E-state index in [0.29, 0.717) is 23.8 Å². The fourth-order valence-corrected chi connectivity index (χ4v) is 4.02. The van der Waals surface area contributed by atoms with Crippen molar-refractivity contribution in [3.05, 3.63) is 83.4 Å². The highest BCUT2D eigenvalue weighted by atomic mass is 35.5. The summed E-state index contributed by atoms with van der Waals surface area (Å²) < 4.78 is 36.3. The molecule has 0 aromatic heterocycles. The molecule has 32 heavy (non-hydrogen) atoms. The van der Waals surface area contributed by atoms with E-state index in [9.17, 15) is 13.2 Å². The van der Waals surface area contributed by atoms with Crippen LogP contribution in [0.2, 0.25) is 5.02 Å². The number of hydrogen-bond donors (Lipinski definition) is 1. The second kappa shape index (κ2) is 10.4. The van der Waals surface area contributed by atoms with Crippen LogP contribution in [-0.4, -0.2) is 34.2 Å². The smallest absolute Gasteiger partial charge is 0.245 e. The van der Waals surface area contributed by atoms with Gasteiger partial charge in [0.1, 0.15) is 24.7 Å². The van der Waals surface area contributed by atoms with Crippen molar-refractivity contribution in [1.29, 1.82) is 0 Å². The molecular weight excluding hydrogens is 452 g/mol. The minimum absolute atomic E-state index is 0.241. The number of carbonyl (C=O) groups excluding carboxylic acids is 1. The average Bonchev–Trinajstić information content (AvgIpc) is 2.77. The third-order valence-corrected chi connectivity index (χ3v) is 5.93. The summed E-state index contributed by atoms with van der Waals surface area (Å²) in [7, 11) is -2.27. The minimum Gasteiger partial charge on any atom is -0.495 e. The van der Waals surface area contributed by atoms with Crippen molar-refractivity contribution in [2.24, 2.45) is 0 Å². The summed E-state index contributed by atoms with van der Waals surface area (Å²) in [5.41, 5.74) is 1.82. The van der Waals surface area contributed by atoms with Crippen LogP contribution in [-0.2, 0) is 21.4 Å². The van der Waals surface area contributed by atoms with Gasteiger partial charge < -0.3 is 14.8 Å². The molecule has 1 N–H and O–H groups in total. The van der Waals surface area contributed by atoms with E-state index in [0.717, 1.165) is 16.1 Å². The van der Waals surface area contributed by atoms with Crippen molar-refractivity contribution in [1.82, 2.24) is 0 Å². The van der Waals surface area contributed by atoms with Crippen LogP contribution in [0.25, 0.3) is 0 Å². The van der Waals surface area contributed by atoms with Gasteiger partial charge in [0.05, 0.1) is 24.1 Å². The van der Waals surface area contributed by atoms with E-state index in [1.807, 2.05) is 30.3 Å². The van der Waals surface area contributed by atoms with Gasteiger partial charge in [-0.15, -0.1) is 0 Å². The van der Waals surface area contributed by atoms with Crippen molar-refractivity contribution in [3.8, 4) is 11.5 Å². The number of nitrogens with one attached hydrogen (secondary N) is 1. The Balaban J connectivity index is 1.64. The number of nitrogens with zero attached hydrogens (tertiary/aromatic N) is 1. The van der Waals surface area contributed by atoms with Crippen LogP contribution >= 0.6 is 11.6 Å². The normalized spacial score (nSPS) is 11.0. The molecule has 0 radical (unpaired) electrons. The summed E-state index contributed by atoms with van der Waals surface area (Å²) in [4.78, 5) is 12.5. The number of ether oxygens (including phenoxy) is 2. The number of methoxy groups -OCH3 is 1. The topological polar surface area (TPSA) is 84.9 Å². The average molecular weight is 475 g/mol. The molecule has 0 fully saturated rings. The number of rotatable bonds is 9. The van der Waals surface area contributed by atoms with Crippen LogP contribution < -0.4 is 19.1 Å². The standard InChI is InChI=1S/C23H23ClN2O5S/c1-30-22-13-10-19(14-21(22)24)26(32(2,28)29)15-23(27)25-18-8-11-20(12-9-18)31-16-17-6-4-3-5-7-17/h3-14H,15-16H2,1-2H3,(H,25,27). The van der Waals surface area contributed by atoms with Gasteiger partial charge in [-0.25, -0.2) is 8.42 Å². The zero-order valence-electron chi connectivity index (χ0n) is 17.6. The Hall–Kier alpha value is -3.23. The van der Waals surface area contributed by atoms with E-state index < -0.39 is 22.5 Å². The minimum atomic E-state index is -3.73. The van der Waals surface area contributed by atoms with E-state index in [1.165, 1.54) is 19.2 Å². The second-order valence-electron chi connectivity index (χ2n) is 6.94. The molecule has 3 aromatic carbocycles. The molecule has 168 valence electrons. The summed E-state index contributed by atoms with van der Waals surface area (Å²) >= 11 is 6.11. The molecule has 3 aromatic rings. The molecule has 0 spiro atoms. The molecule has 0 bridgehead atoms. The number of amides is 1. The summed E-state index contributed by atoms with van der Waals surface area (Å²) in [5, 5.41) is 2.94. The fourth-order valence-electron chi connectivity index (χ4n) is 2.92. The van der Waals surface area contributed by atoms with Crippen LogP contribution in [0.4, 0.5) is 11.4 Å². The van der Waals surface area contributed by atoms with E-state index >= 15 is 0 Å². The first kappa shape index (κ1) is 23.4. The molecule has 0 saturated heterocycles. The predicted octanol–water partition coefficient (Wildman–Crippen LogP) is 4.33. The molecule has 3 rings (SSSR count). The molecule has 9 heteroatoms. The molecule has 0 aliphatic carbocycles. The van der Waals surface area contributed by atoms with Gasteiger partial charge in [-0.2, -0.15) is 0 Å². The maximum absolute atomic E-state index is 12.5. The van der Waals surface area contributed by atoms with Gasteiger partial charge in [-0.05, 0) is 48.0 Å². The molecule has 0 saturated carbocycles. The Morgan fingerprint density at radius 1 is 1.03 bits per heavy atom. The second-order valence-corrected chi connectivity index (χ2v) is 9.25. The third-order valence-electron chi connectivity index (χ3n) is 4.50. The first-order chi connectivity index (χ1) is 15.3. The number of halogens is 1. The number of carbonyl (C=O) groups is 1. The highest BCUT2D eigenvalue weighted by molar-refractivity contribution is 7.92. The first-order valence-corrected chi connectivity index (χ1v) is 11.9. The van der Waals surface area contributed by atoms with Gasteiger partial charge in [0.25, 0.3) is 0 Å². The van der Waals surface area contributed by atoms with Crippen LogP contribution in [0.5, 0.6) is 11.5 Å². The Morgan fingerprint density at radius 3 is 2.31 bits per heavy atom. The van der Waals surface area contributed by atoms with Crippen LogP contribution in [0, 0.1) is 0 Å². The molecule has 1 amide bonds. The lowest BCUT2D eigenvalue weighted by atomic mass is 10.2. The molecule has 0 heterocycles. The first-order valence-electron chi connectivity index (χ1n) is 9.64. The Kier molecular flexibility index (Phi) is 7.61. The van der Waals surface area contributed by atoms with Gasteiger partial charge in [-0.3, -0.25) is 9.10 Å². The largest absolute Gasteiger partial charge is 0.495 e. The van der Waals surface area contributed by atoms with Crippen LogP contribution in [0.15, 0.2) is 72.8 Å². The van der Waals surface area contributed by atoms with Crippen LogP contribution in [0.1, 0.15) is 5.56 Å². The van der Waals surface area contributed by atoms with E-state index in [-0.39, 0.29) is 10.7 Å². The highest BCUT2D eigenvalue weighted by Gasteiger charge is 2.22. The Labute approximate surface area is 192 Å². The van der Waals surface area contributed by atoms with Crippen molar-refractivity contribution in [2.75, 3.05) is 29.5 Å². The lowest BCUT2D eigenvalue weighted by Crippen LogP contribution is -2.37. The molecule has 0 atom stereocenters. The van der Waals surface area contributed by atoms with Crippen molar-refractivity contribution >= 4 is 38.9 Å². The quantitative estimate of drug-likeness (QED) is 0.499. The summed E-state index contributed by atoms with van der Waals surface area (Å²) in [6.45, 7) is 0.0219. The lowest BCUT2D eigenvalue weighted by molar-refractivity contribution is -0.114. The van der Waals surface area contributed by atoms with Crippen molar-refractivity contribution in [2.45, 2.75) is 6.61 Å². The Bertz CT molecular complexity index is 1170. The van der Waals surface area contributed by atoms with Crippen molar-refractivity contribution in [3.63, 3.8) is 0 Å². The monoisotopic (exact) mass is 474 g/mol. The highest BCUT2D eigenvalue weighted by Crippen LogP contribution is 2.30. The van der Waals surface area contributed by atoms with E-state index in [2.05, 4.69) is 5.32 Å². The zero-order chi connectivity index (χ0) is 23.1. The number of anilines is 2. The van der Waals surface area contributed by atoms with Gasteiger partial charge in [0.2, 0.25) is 15.9 Å². The maximum atomic E-state index is 12.5. The summed E-state index contributed by atoms with van der Waals surface area (Å²) in [5.74, 6) is 0.556. The zero-order valence-corrected chi connectivity index (χ0v) is 19.2. The number of benzene rings is 3. The SMILES string of the molecule is COc1ccc(N(CC(=O)Nc2ccc(OCc3ccccc3)cc2)S(C)(=O)=O)cc1Cl. The van der Waals surface area contributed by atoms with Gasteiger partial charge in [-0.1, -0.05) is 41.9 Å². The Morgan fingerprint density at radius 2 is 1.72 bits per heavy atom. The maximum Gasteiger partial charge on any atom is 0.245 e. The lowest BCUT2D eigenvalue weighted by Gasteiger charge is -2.22. The molecular formula is C23H23ClN2O5S. The fraction of sp³-hybridized carbons (Fsp3) is 0.174. The molecule has 0 aliphatic heterocycles. The van der Waals surface area contributed by atoms with E-state index in [1.54, 1.807) is 30.3 Å². The number of sulfonamides is 1. The van der Waals surface area contributed by atoms with Gasteiger partial charge >= 0.3 is 0 Å². The summed E-state index contributed by atoms with van der Waals surface area (Å²) in [6, 6.07) is 21.1. The number of hydrogen-bond acceptors (Lipinski definition) is 5. The molecule has 0 aliphatic rings. The summed E-state index contributed by atoms with van der Waals surface area (Å²) in [6.07, 6.45) is 1.03. The predicted molar refractivity (Wildman–Crippen MR) is 126 cm³/mol. The third kappa shape index (κ3) is 6.38. The van der Waals surface area contributed by atoms with Crippen LogP contribution in [0.3, 0.4) is 0 Å². The molecule has 0 unspecified atom stereocenters.